The first-order valence-corrected chi connectivity index (χ1v) is 11.1. The molecule has 0 aliphatic carbocycles. The van der Waals surface area contributed by atoms with Gasteiger partial charge in [-0.1, -0.05) is 48.5 Å². The number of benzene rings is 2. The fourth-order valence-electron chi connectivity index (χ4n) is 3.42. The maximum absolute atomic E-state index is 11.8. The van der Waals surface area contributed by atoms with E-state index in [1.165, 1.54) is 6.08 Å². The SMILES string of the molecule is C=CC(=O)N1CCN(c2ncnc3cc(-c4ccccc4)c(Cl)cc23)CC1.N[SH](=O)=O. The highest BCUT2D eigenvalue weighted by atomic mass is 35.5. The lowest BCUT2D eigenvalue weighted by Crippen LogP contribution is -2.48. The fourth-order valence-corrected chi connectivity index (χ4v) is 3.69. The molecule has 1 amide bonds. The molecule has 2 heterocycles. The molecule has 10 heteroatoms. The summed E-state index contributed by atoms with van der Waals surface area (Å²) in [7, 11) is -2.62. The van der Waals surface area contributed by atoms with Crippen molar-refractivity contribution in [1.82, 2.24) is 14.9 Å². The minimum absolute atomic E-state index is 0.0299. The Morgan fingerprint density at radius 1 is 1.10 bits per heavy atom. The molecule has 2 N–H and O–H groups in total. The molecule has 1 saturated heterocycles. The number of hydrogen-bond donors (Lipinski definition) is 2. The van der Waals surface area contributed by atoms with Gasteiger partial charge in [0, 0.05) is 42.2 Å². The van der Waals surface area contributed by atoms with E-state index in [9.17, 15) is 4.79 Å². The Morgan fingerprint density at radius 3 is 2.35 bits per heavy atom. The second-order valence-corrected chi connectivity index (χ2v) is 7.69. The van der Waals surface area contributed by atoms with Crippen molar-refractivity contribution < 1.29 is 13.2 Å². The third kappa shape index (κ3) is 5.57. The number of nitrogens with two attached hydrogens (primary N) is 1. The van der Waals surface area contributed by atoms with Crippen LogP contribution in [0.2, 0.25) is 5.02 Å². The summed E-state index contributed by atoms with van der Waals surface area (Å²) in [6.07, 6.45) is 2.95. The van der Waals surface area contributed by atoms with Crippen molar-refractivity contribution in [3.63, 3.8) is 0 Å². The van der Waals surface area contributed by atoms with Gasteiger partial charge in [-0.2, -0.15) is 0 Å². The number of anilines is 1. The van der Waals surface area contributed by atoms with Crippen LogP contribution in [-0.4, -0.2) is 55.4 Å². The van der Waals surface area contributed by atoms with Crippen LogP contribution < -0.4 is 10.0 Å². The molecule has 1 fully saturated rings. The first kappa shape index (κ1) is 22.7. The lowest BCUT2D eigenvalue weighted by Gasteiger charge is -2.35. The largest absolute Gasteiger partial charge is 0.352 e. The quantitative estimate of drug-likeness (QED) is 0.459. The number of aromatic nitrogens is 2. The zero-order chi connectivity index (χ0) is 22.4. The van der Waals surface area contributed by atoms with E-state index in [1.54, 1.807) is 11.2 Å². The van der Waals surface area contributed by atoms with Crippen molar-refractivity contribution >= 4 is 45.1 Å². The smallest absolute Gasteiger partial charge is 0.246 e. The van der Waals surface area contributed by atoms with Gasteiger partial charge in [-0.3, -0.25) is 4.79 Å². The molecule has 2 aromatic carbocycles. The molecule has 0 atom stereocenters. The Bertz CT molecular complexity index is 1150. The van der Waals surface area contributed by atoms with Gasteiger partial charge in [0.05, 0.1) is 5.52 Å². The van der Waals surface area contributed by atoms with Gasteiger partial charge in [0.25, 0.3) is 0 Å². The summed E-state index contributed by atoms with van der Waals surface area (Å²) in [6, 6.07) is 14.0. The predicted octanol–water partition coefficient (Wildman–Crippen LogP) is 2.26. The van der Waals surface area contributed by atoms with E-state index in [4.69, 9.17) is 20.0 Å². The number of amides is 1. The Morgan fingerprint density at radius 2 is 1.74 bits per heavy atom. The van der Waals surface area contributed by atoms with E-state index < -0.39 is 10.9 Å². The fraction of sp³-hybridized carbons (Fsp3) is 0.190. The van der Waals surface area contributed by atoms with Gasteiger partial charge in [0.15, 0.2) is 10.9 Å². The molecule has 31 heavy (non-hydrogen) atoms. The summed E-state index contributed by atoms with van der Waals surface area (Å²) in [5.74, 6) is 0.824. The van der Waals surface area contributed by atoms with Crippen LogP contribution in [-0.2, 0) is 15.7 Å². The molecular weight excluding hydrogens is 438 g/mol. The number of piperazine rings is 1. The van der Waals surface area contributed by atoms with Crippen LogP contribution in [0.5, 0.6) is 0 Å². The van der Waals surface area contributed by atoms with Crippen molar-refractivity contribution in [3.8, 4) is 11.1 Å². The minimum Gasteiger partial charge on any atom is -0.352 e. The maximum Gasteiger partial charge on any atom is 0.246 e. The van der Waals surface area contributed by atoms with Crippen molar-refractivity contribution in [2.75, 3.05) is 31.1 Å². The summed E-state index contributed by atoms with van der Waals surface area (Å²) in [5, 5.41) is 5.66. The Balaban J connectivity index is 0.000000628. The predicted molar refractivity (Wildman–Crippen MR) is 123 cm³/mol. The molecule has 0 saturated carbocycles. The molecular formula is C21H22ClN5O3S. The minimum atomic E-state index is -2.62. The molecule has 1 aromatic heterocycles. The van der Waals surface area contributed by atoms with E-state index in [0.29, 0.717) is 31.2 Å². The number of halogens is 1. The average Bonchev–Trinajstić information content (AvgIpc) is 2.78. The van der Waals surface area contributed by atoms with Crippen LogP contribution in [0.1, 0.15) is 0 Å². The first-order chi connectivity index (χ1) is 14.9. The number of thiol groups is 1. The molecule has 8 nitrogen and oxygen atoms in total. The molecule has 3 aromatic rings. The Hall–Kier alpha value is -3.01. The molecule has 0 bridgehead atoms. The van der Waals surface area contributed by atoms with Gasteiger partial charge >= 0.3 is 0 Å². The van der Waals surface area contributed by atoms with Crippen molar-refractivity contribution in [2.24, 2.45) is 5.14 Å². The zero-order valence-corrected chi connectivity index (χ0v) is 18.3. The van der Waals surface area contributed by atoms with Crippen LogP contribution >= 0.6 is 11.6 Å². The second kappa shape index (κ2) is 10.3. The van der Waals surface area contributed by atoms with Gasteiger partial charge in [-0.25, -0.2) is 23.5 Å². The summed E-state index contributed by atoms with van der Waals surface area (Å²) in [5.41, 5.74) is 2.87. The van der Waals surface area contributed by atoms with Crippen LogP contribution in [0.15, 0.2) is 61.4 Å². The highest BCUT2D eigenvalue weighted by Crippen LogP contribution is 2.34. The van der Waals surface area contributed by atoms with Gasteiger partial charge in [-0.05, 0) is 23.8 Å². The Kier molecular flexibility index (Phi) is 7.56. The van der Waals surface area contributed by atoms with E-state index in [0.717, 1.165) is 27.8 Å². The van der Waals surface area contributed by atoms with E-state index >= 15 is 0 Å². The normalized spacial score (nSPS) is 13.6. The number of fused-ring (bicyclic) bond motifs is 1. The van der Waals surface area contributed by atoms with Crippen molar-refractivity contribution in [3.05, 3.63) is 66.5 Å². The number of carbonyl (C=O) groups is 1. The summed E-state index contributed by atoms with van der Waals surface area (Å²) < 4.78 is 17.6. The molecule has 0 unspecified atom stereocenters. The third-order valence-corrected chi connectivity index (χ3v) is 5.17. The summed E-state index contributed by atoms with van der Waals surface area (Å²) >= 11 is 6.59. The van der Waals surface area contributed by atoms with E-state index in [1.807, 2.05) is 42.5 Å². The lowest BCUT2D eigenvalue weighted by molar-refractivity contribution is -0.126. The standard InChI is InChI=1S/C21H19ClN4O.H3NO2S/c1-2-20(27)25-8-10-26(11-9-25)21-17-12-18(22)16(13-19(17)23-14-24-21)15-6-4-3-5-7-15;1-4(2)3/h2-7,12-14H,1,8-11H2;4H,(H2,1,2,3). The third-order valence-electron chi connectivity index (χ3n) is 4.85. The lowest BCUT2D eigenvalue weighted by atomic mass is 10.0. The van der Waals surface area contributed by atoms with Crippen LogP contribution in [0, 0.1) is 0 Å². The molecule has 1 aliphatic heterocycles. The second-order valence-electron chi connectivity index (χ2n) is 6.71. The van der Waals surface area contributed by atoms with Crippen molar-refractivity contribution in [2.45, 2.75) is 0 Å². The summed E-state index contributed by atoms with van der Waals surface area (Å²) in [4.78, 5) is 24.7. The summed E-state index contributed by atoms with van der Waals surface area (Å²) in [6.45, 7) is 6.27. The van der Waals surface area contributed by atoms with Crippen LogP contribution in [0.3, 0.4) is 0 Å². The Labute approximate surface area is 187 Å². The molecule has 4 rings (SSSR count). The number of nitrogens with zero attached hydrogens (tertiary/aromatic N) is 4. The van der Waals surface area contributed by atoms with Crippen LogP contribution in [0.4, 0.5) is 5.82 Å². The van der Waals surface area contributed by atoms with E-state index in [-0.39, 0.29) is 5.91 Å². The molecule has 0 spiro atoms. The molecule has 0 radical (unpaired) electrons. The van der Waals surface area contributed by atoms with Gasteiger partial charge < -0.3 is 9.80 Å². The molecule has 1 aliphatic rings. The van der Waals surface area contributed by atoms with E-state index in [2.05, 4.69) is 26.6 Å². The topological polar surface area (TPSA) is 109 Å². The average molecular weight is 460 g/mol. The number of carbonyl (C=O) groups excluding carboxylic acids is 1. The highest BCUT2D eigenvalue weighted by Gasteiger charge is 2.22. The highest BCUT2D eigenvalue weighted by molar-refractivity contribution is 7.69. The zero-order valence-electron chi connectivity index (χ0n) is 16.6. The maximum atomic E-state index is 11.8. The van der Waals surface area contributed by atoms with Gasteiger partial charge in [-0.15, -0.1) is 0 Å². The number of rotatable bonds is 3. The van der Waals surface area contributed by atoms with Crippen LogP contribution in [0.25, 0.3) is 22.0 Å². The van der Waals surface area contributed by atoms with Crippen molar-refractivity contribution in [1.29, 1.82) is 0 Å². The molecule has 162 valence electrons. The van der Waals surface area contributed by atoms with Gasteiger partial charge in [0.1, 0.15) is 12.1 Å². The van der Waals surface area contributed by atoms with Gasteiger partial charge in [0.2, 0.25) is 5.91 Å². The number of hydrogen-bond acceptors (Lipinski definition) is 6. The first-order valence-electron chi connectivity index (χ1n) is 9.45. The monoisotopic (exact) mass is 459 g/mol.